The molecule has 0 rings (SSSR count). The summed E-state index contributed by atoms with van der Waals surface area (Å²) in [7, 11) is 1.50. The van der Waals surface area contributed by atoms with Crippen LogP contribution in [0, 0.1) is 0 Å². The smallest absolute Gasteiger partial charge is 0.326 e. The summed E-state index contributed by atoms with van der Waals surface area (Å²) in [5, 5.41) is 11.5. The molecular formula is C9H18N2O3S. The molecule has 0 saturated carbocycles. The average Bonchev–Trinajstić information content (AvgIpc) is 2.18. The number of likely N-dealkylation sites (N-methyl/N-ethyl adjacent to an activating group) is 1. The van der Waals surface area contributed by atoms with Crippen molar-refractivity contribution in [3.05, 3.63) is 0 Å². The normalized spacial score (nSPS) is 11.9. The van der Waals surface area contributed by atoms with Gasteiger partial charge in [0.2, 0.25) is 0 Å². The number of thioether (sulfide) groups is 1. The monoisotopic (exact) mass is 234 g/mol. The molecule has 0 fully saturated rings. The van der Waals surface area contributed by atoms with Crippen LogP contribution in [0.4, 0.5) is 4.79 Å². The minimum Gasteiger partial charge on any atom is -0.480 e. The summed E-state index contributed by atoms with van der Waals surface area (Å²) in [6.45, 7) is 2.30. The fourth-order valence-corrected chi connectivity index (χ4v) is 1.45. The molecule has 5 nitrogen and oxygen atoms in total. The van der Waals surface area contributed by atoms with E-state index < -0.39 is 12.0 Å². The lowest BCUT2D eigenvalue weighted by Gasteiger charge is -2.23. The minimum absolute atomic E-state index is 0.335. The maximum atomic E-state index is 11.5. The SMILES string of the molecule is CCC(C(=O)O)N(C)C(=O)NCCSC. The highest BCUT2D eigenvalue weighted by Gasteiger charge is 2.24. The van der Waals surface area contributed by atoms with Crippen LogP contribution in [0.5, 0.6) is 0 Å². The molecule has 0 spiro atoms. The first-order valence-electron chi connectivity index (χ1n) is 4.77. The molecule has 0 bridgehead atoms. The van der Waals surface area contributed by atoms with Gasteiger partial charge in [0.15, 0.2) is 0 Å². The molecular weight excluding hydrogens is 216 g/mol. The average molecular weight is 234 g/mol. The third-order valence-electron chi connectivity index (χ3n) is 2.04. The van der Waals surface area contributed by atoms with Gasteiger partial charge in [-0.05, 0) is 12.7 Å². The Labute approximate surface area is 94.2 Å². The largest absolute Gasteiger partial charge is 0.480 e. The van der Waals surface area contributed by atoms with Gasteiger partial charge < -0.3 is 15.3 Å². The Bertz CT molecular complexity index is 223. The number of hydrogen-bond acceptors (Lipinski definition) is 3. The van der Waals surface area contributed by atoms with Crippen LogP contribution in [0.25, 0.3) is 0 Å². The number of nitrogens with one attached hydrogen (secondary N) is 1. The van der Waals surface area contributed by atoms with Crippen molar-refractivity contribution < 1.29 is 14.7 Å². The zero-order chi connectivity index (χ0) is 11.8. The van der Waals surface area contributed by atoms with E-state index in [1.807, 2.05) is 6.26 Å². The van der Waals surface area contributed by atoms with E-state index in [-0.39, 0.29) is 6.03 Å². The number of nitrogens with zero attached hydrogens (tertiary/aromatic N) is 1. The van der Waals surface area contributed by atoms with Gasteiger partial charge in [0, 0.05) is 19.3 Å². The van der Waals surface area contributed by atoms with E-state index in [1.165, 1.54) is 11.9 Å². The van der Waals surface area contributed by atoms with Gasteiger partial charge in [-0.1, -0.05) is 6.92 Å². The van der Waals surface area contributed by atoms with E-state index in [2.05, 4.69) is 5.32 Å². The Morgan fingerprint density at radius 2 is 2.13 bits per heavy atom. The maximum Gasteiger partial charge on any atom is 0.326 e. The second-order valence-corrected chi connectivity index (χ2v) is 4.08. The van der Waals surface area contributed by atoms with E-state index >= 15 is 0 Å². The Morgan fingerprint density at radius 3 is 2.53 bits per heavy atom. The van der Waals surface area contributed by atoms with Crippen molar-refractivity contribution in [3.8, 4) is 0 Å². The lowest BCUT2D eigenvalue weighted by atomic mass is 10.2. The van der Waals surface area contributed by atoms with Gasteiger partial charge in [0.05, 0.1) is 0 Å². The molecule has 0 aromatic carbocycles. The highest BCUT2D eigenvalue weighted by molar-refractivity contribution is 7.98. The van der Waals surface area contributed by atoms with Gasteiger partial charge >= 0.3 is 12.0 Å². The predicted octanol–water partition coefficient (Wildman–Crippen LogP) is 0.854. The zero-order valence-electron chi connectivity index (χ0n) is 9.32. The summed E-state index contributed by atoms with van der Waals surface area (Å²) >= 11 is 1.63. The van der Waals surface area contributed by atoms with Gasteiger partial charge in [0.25, 0.3) is 0 Å². The molecule has 15 heavy (non-hydrogen) atoms. The van der Waals surface area contributed by atoms with Gasteiger partial charge in [-0.15, -0.1) is 0 Å². The molecule has 1 unspecified atom stereocenters. The standard InChI is InChI=1S/C9H18N2O3S/c1-4-7(8(12)13)11(2)9(14)10-5-6-15-3/h7H,4-6H2,1-3H3,(H,10,14)(H,12,13). The third kappa shape index (κ3) is 4.92. The van der Waals surface area contributed by atoms with Crippen LogP contribution < -0.4 is 5.32 Å². The Hall–Kier alpha value is -0.910. The highest BCUT2D eigenvalue weighted by atomic mass is 32.2. The minimum atomic E-state index is -0.972. The van der Waals surface area contributed by atoms with Gasteiger partial charge in [-0.2, -0.15) is 11.8 Å². The van der Waals surface area contributed by atoms with Crippen LogP contribution in [-0.4, -0.2) is 53.6 Å². The number of carboxylic acids is 1. The van der Waals surface area contributed by atoms with E-state index in [0.717, 1.165) is 5.75 Å². The molecule has 88 valence electrons. The summed E-state index contributed by atoms with van der Waals surface area (Å²) in [6, 6.07) is -1.09. The first-order chi connectivity index (χ1) is 7.04. The van der Waals surface area contributed by atoms with Crippen LogP contribution in [0.1, 0.15) is 13.3 Å². The fraction of sp³-hybridized carbons (Fsp3) is 0.778. The van der Waals surface area contributed by atoms with Crippen molar-refractivity contribution in [1.29, 1.82) is 0 Å². The van der Waals surface area contributed by atoms with Crippen LogP contribution >= 0.6 is 11.8 Å². The lowest BCUT2D eigenvalue weighted by molar-refractivity contribution is -0.141. The van der Waals surface area contributed by atoms with E-state index in [0.29, 0.717) is 13.0 Å². The summed E-state index contributed by atoms with van der Waals surface area (Å²) < 4.78 is 0. The Balaban J connectivity index is 4.10. The van der Waals surface area contributed by atoms with E-state index in [1.54, 1.807) is 18.7 Å². The molecule has 6 heteroatoms. The lowest BCUT2D eigenvalue weighted by Crippen LogP contribution is -2.47. The topological polar surface area (TPSA) is 69.6 Å². The van der Waals surface area contributed by atoms with Crippen molar-refractivity contribution in [2.45, 2.75) is 19.4 Å². The third-order valence-corrected chi connectivity index (χ3v) is 2.65. The highest BCUT2D eigenvalue weighted by Crippen LogP contribution is 2.02. The van der Waals surface area contributed by atoms with E-state index in [9.17, 15) is 9.59 Å². The van der Waals surface area contributed by atoms with Crippen LogP contribution in [0.15, 0.2) is 0 Å². The number of aliphatic carboxylic acids is 1. The molecule has 0 radical (unpaired) electrons. The Morgan fingerprint density at radius 1 is 1.53 bits per heavy atom. The van der Waals surface area contributed by atoms with Gasteiger partial charge in [-0.25, -0.2) is 9.59 Å². The number of rotatable bonds is 6. The number of carbonyl (C=O) groups excluding carboxylic acids is 1. The molecule has 0 saturated heterocycles. The number of amides is 2. The first-order valence-corrected chi connectivity index (χ1v) is 6.16. The molecule has 0 aliphatic rings. The molecule has 0 aliphatic carbocycles. The second-order valence-electron chi connectivity index (χ2n) is 3.10. The fourth-order valence-electron chi connectivity index (χ4n) is 1.14. The molecule has 2 amide bonds. The molecule has 0 aromatic heterocycles. The summed E-state index contributed by atoms with van der Waals surface area (Å²) in [6.07, 6.45) is 2.35. The van der Waals surface area contributed by atoms with E-state index in [4.69, 9.17) is 5.11 Å². The van der Waals surface area contributed by atoms with Crippen molar-refractivity contribution >= 4 is 23.8 Å². The molecule has 2 N–H and O–H groups in total. The summed E-state index contributed by atoms with van der Waals surface area (Å²) in [5.74, 6) is -0.149. The number of carboxylic acid groups (broad SMARTS) is 1. The Kier molecular flexibility index (Phi) is 6.94. The van der Waals surface area contributed by atoms with Crippen LogP contribution in [-0.2, 0) is 4.79 Å². The van der Waals surface area contributed by atoms with Crippen LogP contribution in [0.2, 0.25) is 0 Å². The van der Waals surface area contributed by atoms with Crippen LogP contribution in [0.3, 0.4) is 0 Å². The molecule has 0 aliphatic heterocycles. The number of hydrogen-bond donors (Lipinski definition) is 2. The molecule has 0 aromatic rings. The van der Waals surface area contributed by atoms with Crippen molar-refractivity contribution in [2.75, 3.05) is 25.6 Å². The second kappa shape index (κ2) is 7.39. The van der Waals surface area contributed by atoms with Gasteiger partial charge in [-0.3, -0.25) is 0 Å². The number of urea groups is 1. The number of carbonyl (C=O) groups is 2. The summed E-state index contributed by atoms with van der Waals surface area (Å²) in [4.78, 5) is 23.5. The van der Waals surface area contributed by atoms with Crippen molar-refractivity contribution in [1.82, 2.24) is 10.2 Å². The van der Waals surface area contributed by atoms with Gasteiger partial charge in [0.1, 0.15) is 6.04 Å². The molecule has 0 heterocycles. The van der Waals surface area contributed by atoms with Crippen molar-refractivity contribution in [2.24, 2.45) is 0 Å². The molecule has 1 atom stereocenters. The zero-order valence-corrected chi connectivity index (χ0v) is 10.1. The van der Waals surface area contributed by atoms with Crippen molar-refractivity contribution in [3.63, 3.8) is 0 Å². The first kappa shape index (κ1) is 14.1. The maximum absolute atomic E-state index is 11.5. The quantitative estimate of drug-likeness (QED) is 0.669. The predicted molar refractivity (Wildman–Crippen MR) is 61.3 cm³/mol. The summed E-state index contributed by atoms with van der Waals surface area (Å²) in [5.41, 5.74) is 0.